The Morgan fingerprint density at radius 3 is 2.47 bits per heavy atom. The summed E-state index contributed by atoms with van der Waals surface area (Å²) in [5.41, 5.74) is 1.62. The van der Waals surface area contributed by atoms with E-state index >= 15 is 0 Å². The van der Waals surface area contributed by atoms with Crippen LogP contribution in [-0.2, 0) is 6.54 Å². The van der Waals surface area contributed by atoms with Crippen molar-refractivity contribution < 1.29 is 23.8 Å². The number of aromatic hydroxyl groups is 1. The molecule has 1 atom stereocenters. The number of carbonyl (C=O) groups excluding carboxylic acids is 1. The Bertz CT molecular complexity index is 1480. The highest BCUT2D eigenvalue weighted by molar-refractivity contribution is 6.31. The van der Waals surface area contributed by atoms with Crippen molar-refractivity contribution in [3.63, 3.8) is 0 Å². The molecular formula is C26H20ClNO6. The molecule has 0 aliphatic carbocycles. The highest BCUT2D eigenvalue weighted by Crippen LogP contribution is 2.41. The maximum absolute atomic E-state index is 13.6. The Kier molecular flexibility index (Phi) is 5.42. The fraction of sp³-hybridized carbons (Fsp3) is 0.154. The number of hydrogen-bond acceptors (Lipinski definition) is 6. The van der Waals surface area contributed by atoms with E-state index in [9.17, 15) is 14.7 Å². The van der Waals surface area contributed by atoms with E-state index in [4.69, 9.17) is 25.5 Å². The molecule has 0 radical (unpaired) electrons. The molecule has 1 aliphatic rings. The molecule has 34 heavy (non-hydrogen) atoms. The van der Waals surface area contributed by atoms with Crippen molar-refractivity contribution >= 4 is 28.5 Å². The highest BCUT2D eigenvalue weighted by Gasteiger charge is 2.43. The number of phenols is 1. The number of carbonyl (C=O) groups is 1. The van der Waals surface area contributed by atoms with Crippen LogP contribution in [-0.4, -0.2) is 30.1 Å². The van der Waals surface area contributed by atoms with E-state index in [1.54, 1.807) is 48.4 Å². The lowest BCUT2D eigenvalue weighted by Crippen LogP contribution is -2.29. The standard InChI is InChI=1S/C26H20ClNO6/c1-32-17-7-3-14(4-8-17)13-28-23(15-5-9-19(29)21(11-15)33-2)22-24(30)18-12-16(27)6-10-20(18)34-25(22)26(28)31/h3-12,23,29H,13H2,1-2H3. The van der Waals surface area contributed by atoms with Gasteiger partial charge in [-0.2, -0.15) is 0 Å². The molecule has 0 saturated heterocycles. The fourth-order valence-electron chi connectivity index (χ4n) is 4.29. The first-order chi connectivity index (χ1) is 16.4. The van der Waals surface area contributed by atoms with Crippen LogP contribution in [0, 0.1) is 0 Å². The van der Waals surface area contributed by atoms with Crippen LogP contribution in [0.15, 0.2) is 69.9 Å². The summed E-state index contributed by atoms with van der Waals surface area (Å²) >= 11 is 6.13. The van der Waals surface area contributed by atoms with E-state index in [1.807, 2.05) is 12.1 Å². The Balaban J connectivity index is 1.71. The fourth-order valence-corrected chi connectivity index (χ4v) is 4.47. The number of nitrogens with zero attached hydrogens (tertiary/aromatic N) is 1. The second-order valence-electron chi connectivity index (χ2n) is 7.93. The topological polar surface area (TPSA) is 89.2 Å². The zero-order valence-corrected chi connectivity index (χ0v) is 19.1. The zero-order chi connectivity index (χ0) is 24.0. The number of phenolic OH excluding ortho intramolecular Hbond substituents is 1. The zero-order valence-electron chi connectivity index (χ0n) is 18.4. The van der Waals surface area contributed by atoms with Gasteiger partial charge in [0.25, 0.3) is 5.91 Å². The van der Waals surface area contributed by atoms with E-state index in [-0.39, 0.29) is 40.4 Å². The van der Waals surface area contributed by atoms with Crippen LogP contribution in [0.1, 0.15) is 33.3 Å². The maximum Gasteiger partial charge on any atom is 0.291 e. The number of amides is 1. The van der Waals surface area contributed by atoms with Crippen molar-refractivity contribution in [2.24, 2.45) is 0 Å². The van der Waals surface area contributed by atoms with Gasteiger partial charge < -0.3 is 23.9 Å². The van der Waals surface area contributed by atoms with Crippen LogP contribution in [0.3, 0.4) is 0 Å². The summed E-state index contributed by atoms with van der Waals surface area (Å²) in [4.78, 5) is 28.7. The highest BCUT2D eigenvalue weighted by atomic mass is 35.5. The van der Waals surface area contributed by atoms with Crippen molar-refractivity contribution in [1.82, 2.24) is 4.90 Å². The molecule has 2 heterocycles. The molecule has 0 saturated carbocycles. The predicted octanol–water partition coefficient (Wildman–Crippen LogP) is 4.91. The van der Waals surface area contributed by atoms with Gasteiger partial charge in [0, 0.05) is 11.6 Å². The molecule has 1 aliphatic heterocycles. The van der Waals surface area contributed by atoms with Crippen molar-refractivity contribution in [1.29, 1.82) is 0 Å². The van der Waals surface area contributed by atoms with Crippen molar-refractivity contribution in [2.75, 3.05) is 14.2 Å². The van der Waals surface area contributed by atoms with Gasteiger partial charge in [0.15, 0.2) is 16.9 Å². The van der Waals surface area contributed by atoms with Gasteiger partial charge in [-0.1, -0.05) is 29.8 Å². The minimum Gasteiger partial charge on any atom is -0.504 e. The summed E-state index contributed by atoms with van der Waals surface area (Å²) in [6, 6.07) is 16.0. The van der Waals surface area contributed by atoms with Gasteiger partial charge >= 0.3 is 0 Å². The molecule has 4 aromatic rings. The maximum atomic E-state index is 13.6. The number of fused-ring (bicyclic) bond motifs is 2. The van der Waals surface area contributed by atoms with Gasteiger partial charge in [0.1, 0.15) is 11.3 Å². The van der Waals surface area contributed by atoms with Gasteiger partial charge in [-0.15, -0.1) is 0 Å². The molecule has 1 aromatic heterocycles. The Morgan fingerprint density at radius 1 is 1.00 bits per heavy atom. The molecule has 172 valence electrons. The second kappa shape index (κ2) is 8.43. The SMILES string of the molecule is COc1ccc(CN2C(=O)c3oc4ccc(Cl)cc4c(=O)c3C2c2ccc(O)c(OC)c2)cc1. The third kappa shape index (κ3) is 3.54. The summed E-state index contributed by atoms with van der Waals surface area (Å²) in [5, 5.41) is 10.8. The molecular weight excluding hydrogens is 458 g/mol. The van der Waals surface area contributed by atoms with Gasteiger partial charge in [-0.3, -0.25) is 9.59 Å². The number of methoxy groups -OCH3 is 2. The third-order valence-electron chi connectivity index (χ3n) is 5.96. The number of halogens is 1. The van der Waals surface area contributed by atoms with Crippen LogP contribution in [0.25, 0.3) is 11.0 Å². The molecule has 5 rings (SSSR count). The van der Waals surface area contributed by atoms with Gasteiger partial charge in [0.2, 0.25) is 5.76 Å². The lowest BCUT2D eigenvalue weighted by atomic mass is 9.97. The van der Waals surface area contributed by atoms with Crippen LogP contribution < -0.4 is 14.9 Å². The van der Waals surface area contributed by atoms with E-state index in [0.29, 0.717) is 21.7 Å². The van der Waals surface area contributed by atoms with Gasteiger partial charge in [0.05, 0.1) is 31.2 Å². The number of rotatable bonds is 5. The summed E-state index contributed by atoms with van der Waals surface area (Å²) < 4.78 is 16.4. The molecule has 0 spiro atoms. The predicted molar refractivity (Wildman–Crippen MR) is 127 cm³/mol. The molecule has 3 aromatic carbocycles. The monoisotopic (exact) mass is 477 g/mol. The number of ether oxygens (including phenoxy) is 2. The molecule has 1 amide bonds. The number of benzene rings is 3. The molecule has 1 unspecified atom stereocenters. The normalized spacial score (nSPS) is 15.0. The lowest BCUT2D eigenvalue weighted by molar-refractivity contribution is 0.0714. The molecule has 7 nitrogen and oxygen atoms in total. The van der Waals surface area contributed by atoms with Gasteiger partial charge in [-0.25, -0.2) is 0 Å². The Morgan fingerprint density at radius 2 is 1.76 bits per heavy atom. The molecule has 0 fully saturated rings. The van der Waals surface area contributed by atoms with E-state index in [1.165, 1.54) is 19.2 Å². The summed E-state index contributed by atoms with van der Waals surface area (Å²) in [7, 11) is 3.02. The van der Waals surface area contributed by atoms with Crippen LogP contribution in [0.2, 0.25) is 5.02 Å². The molecule has 0 bridgehead atoms. The average molecular weight is 478 g/mol. The Hall–Kier alpha value is -3.97. The largest absolute Gasteiger partial charge is 0.504 e. The van der Waals surface area contributed by atoms with Crippen molar-refractivity contribution in [2.45, 2.75) is 12.6 Å². The third-order valence-corrected chi connectivity index (χ3v) is 6.19. The van der Waals surface area contributed by atoms with Crippen molar-refractivity contribution in [3.05, 3.63) is 98.4 Å². The minimum atomic E-state index is -0.751. The first-order valence-corrected chi connectivity index (χ1v) is 10.9. The van der Waals surface area contributed by atoms with Crippen LogP contribution >= 0.6 is 11.6 Å². The van der Waals surface area contributed by atoms with E-state index in [0.717, 1.165) is 5.56 Å². The smallest absolute Gasteiger partial charge is 0.291 e. The van der Waals surface area contributed by atoms with Crippen LogP contribution in [0.5, 0.6) is 17.2 Å². The van der Waals surface area contributed by atoms with Gasteiger partial charge in [-0.05, 0) is 53.6 Å². The Labute approximate surface area is 199 Å². The second-order valence-corrected chi connectivity index (χ2v) is 8.37. The molecule has 8 heteroatoms. The quantitative estimate of drug-likeness (QED) is 0.439. The van der Waals surface area contributed by atoms with E-state index < -0.39 is 11.9 Å². The summed E-state index contributed by atoms with van der Waals surface area (Å²) in [6.45, 7) is 0.220. The molecule has 1 N–H and O–H groups in total. The first-order valence-electron chi connectivity index (χ1n) is 10.5. The summed E-state index contributed by atoms with van der Waals surface area (Å²) in [6.07, 6.45) is 0. The van der Waals surface area contributed by atoms with E-state index in [2.05, 4.69) is 0 Å². The van der Waals surface area contributed by atoms with Crippen molar-refractivity contribution in [3.8, 4) is 17.2 Å². The van der Waals surface area contributed by atoms with Crippen LogP contribution in [0.4, 0.5) is 0 Å². The average Bonchev–Trinajstić information content (AvgIpc) is 3.12. The minimum absolute atomic E-state index is 0.00891. The first kappa shape index (κ1) is 21.9. The number of hydrogen-bond donors (Lipinski definition) is 1. The lowest BCUT2D eigenvalue weighted by Gasteiger charge is -2.25. The summed E-state index contributed by atoms with van der Waals surface area (Å²) in [5.74, 6) is 0.465.